The topological polar surface area (TPSA) is 62.3 Å². The van der Waals surface area contributed by atoms with Crippen LogP contribution in [-0.2, 0) is 4.79 Å². The smallest absolute Gasteiger partial charge is 0.254 e. The molecule has 0 unspecified atom stereocenters. The van der Waals surface area contributed by atoms with Crippen molar-refractivity contribution in [1.29, 1.82) is 0 Å². The number of halogens is 1. The number of carbonyl (C=O) groups excluding carboxylic acids is 2. The lowest BCUT2D eigenvalue weighted by molar-refractivity contribution is -0.116. The van der Waals surface area contributed by atoms with Gasteiger partial charge in [-0.3, -0.25) is 9.59 Å². The quantitative estimate of drug-likeness (QED) is 0.636. The summed E-state index contributed by atoms with van der Waals surface area (Å²) >= 11 is 4.80. The summed E-state index contributed by atoms with van der Waals surface area (Å²) in [4.78, 5) is 31.9. The van der Waals surface area contributed by atoms with Crippen molar-refractivity contribution in [3.8, 4) is 0 Å². The fraction of sp³-hybridized carbons (Fsp3) is 0.389. The molecule has 25 heavy (non-hydrogen) atoms. The van der Waals surface area contributed by atoms with Crippen LogP contribution in [0.2, 0.25) is 0 Å². The number of nitrogens with one attached hydrogen (secondary N) is 1. The molecule has 2 aromatic rings. The predicted octanol–water partition coefficient (Wildman–Crippen LogP) is 4.49. The van der Waals surface area contributed by atoms with E-state index in [0.29, 0.717) is 17.2 Å². The Morgan fingerprint density at radius 1 is 1.32 bits per heavy atom. The van der Waals surface area contributed by atoms with Gasteiger partial charge < -0.3 is 10.2 Å². The number of carbonyl (C=O) groups is 2. The number of hydrogen-bond acceptors (Lipinski definition) is 4. The van der Waals surface area contributed by atoms with Crippen molar-refractivity contribution in [2.45, 2.75) is 33.1 Å². The van der Waals surface area contributed by atoms with Crippen LogP contribution in [0.5, 0.6) is 0 Å². The molecule has 1 aromatic carbocycles. The van der Waals surface area contributed by atoms with Gasteiger partial charge in [0.25, 0.3) is 5.91 Å². The number of aromatic nitrogens is 1. The molecule has 0 radical (unpaired) electrons. The third kappa shape index (κ3) is 6.25. The first-order valence-corrected chi connectivity index (χ1v) is 9.87. The second-order valence-corrected chi connectivity index (χ2v) is 7.92. The van der Waals surface area contributed by atoms with Crippen molar-refractivity contribution in [3.05, 3.63) is 45.4 Å². The lowest BCUT2D eigenvalue weighted by atomic mass is 10.1. The van der Waals surface area contributed by atoms with E-state index in [0.717, 1.165) is 28.6 Å². The van der Waals surface area contributed by atoms with Crippen LogP contribution in [-0.4, -0.2) is 34.8 Å². The van der Waals surface area contributed by atoms with Gasteiger partial charge in [-0.2, -0.15) is 0 Å². The van der Waals surface area contributed by atoms with Crippen LogP contribution in [0.15, 0.2) is 34.9 Å². The predicted molar refractivity (Wildman–Crippen MR) is 105 cm³/mol. The third-order valence-electron chi connectivity index (χ3n) is 3.59. The van der Waals surface area contributed by atoms with E-state index in [2.05, 4.69) is 33.2 Å². The number of benzene rings is 1. The van der Waals surface area contributed by atoms with Crippen LogP contribution in [0.4, 0.5) is 5.13 Å². The highest BCUT2D eigenvalue weighted by atomic mass is 79.9. The number of amides is 2. The fourth-order valence-electron chi connectivity index (χ4n) is 2.35. The number of thiazole rings is 1. The molecule has 5 nitrogen and oxygen atoms in total. The normalized spacial score (nSPS) is 10.5. The van der Waals surface area contributed by atoms with Crippen molar-refractivity contribution in [2.75, 3.05) is 18.4 Å². The van der Waals surface area contributed by atoms with Gasteiger partial charge in [0.2, 0.25) is 5.91 Å². The van der Waals surface area contributed by atoms with Gasteiger partial charge in [0.05, 0.1) is 0 Å². The number of unbranched alkanes of at least 4 members (excludes halogenated alkanes) is 2. The summed E-state index contributed by atoms with van der Waals surface area (Å²) in [5.41, 5.74) is 0.573. The molecule has 0 aliphatic carbocycles. The molecular formula is C18H22BrN3O2S. The second kappa shape index (κ2) is 9.68. The van der Waals surface area contributed by atoms with E-state index in [9.17, 15) is 9.59 Å². The molecule has 0 spiro atoms. The standard InChI is InChI=1S/C18H22BrN3O2S/c1-3-4-5-9-22(17(24)14-7-6-8-15(19)10-14)12-16(23)21-18-20-11-13(2)25-18/h6-8,10-11H,3-5,9,12H2,1-2H3,(H,20,21,23). The SMILES string of the molecule is CCCCCN(CC(=O)Nc1ncc(C)s1)C(=O)c1cccc(Br)c1. The molecule has 1 aromatic heterocycles. The maximum Gasteiger partial charge on any atom is 0.254 e. The summed E-state index contributed by atoms with van der Waals surface area (Å²) in [6.45, 7) is 4.62. The fourth-order valence-corrected chi connectivity index (χ4v) is 3.43. The highest BCUT2D eigenvalue weighted by molar-refractivity contribution is 9.10. The molecule has 2 amide bonds. The lowest BCUT2D eigenvalue weighted by Gasteiger charge is -2.22. The molecule has 7 heteroatoms. The number of hydrogen-bond donors (Lipinski definition) is 1. The molecular weight excluding hydrogens is 402 g/mol. The van der Waals surface area contributed by atoms with E-state index in [1.165, 1.54) is 11.3 Å². The molecule has 0 saturated carbocycles. The molecule has 0 atom stereocenters. The molecule has 0 fully saturated rings. The number of anilines is 1. The van der Waals surface area contributed by atoms with Gasteiger partial charge in [-0.25, -0.2) is 4.98 Å². The van der Waals surface area contributed by atoms with Crippen LogP contribution in [0.25, 0.3) is 0 Å². The van der Waals surface area contributed by atoms with Gasteiger partial charge in [-0.05, 0) is 31.5 Å². The summed E-state index contributed by atoms with van der Waals surface area (Å²) in [6.07, 6.45) is 4.67. The van der Waals surface area contributed by atoms with E-state index in [1.54, 1.807) is 23.2 Å². The third-order valence-corrected chi connectivity index (χ3v) is 4.91. The van der Waals surface area contributed by atoms with Crippen LogP contribution < -0.4 is 5.32 Å². The zero-order valence-electron chi connectivity index (χ0n) is 14.4. The van der Waals surface area contributed by atoms with Crippen molar-refractivity contribution < 1.29 is 9.59 Å². The largest absolute Gasteiger partial charge is 0.329 e. The van der Waals surface area contributed by atoms with E-state index in [4.69, 9.17) is 0 Å². The second-order valence-electron chi connectivity index (χ2n) is 5.77. The molecule has 134 valence electrons. The average molecular weight is 424 g/mol. The first-order chi connectivity index (χ1) is 12.0. The van der Waals surface area contributed by atoms with Gasteiger partial charge >= 0.3 is 0 Å². The van der Waals surface area contributed by atoms with Crippen LogP contribution in [0.1, 0.15) is 41.4 Å². The molecule has 0 aliphatic heterocycles. The summed E-state index contributed by atoms with van der Waals surface area (Å²) in [6, 6.07) is 7.23. The maximum absolute atomic E-state index is 12.8. The molecule has 0 aliphatic rings. The first kappa shape index (κ1) is 19.6. The minimum atomic E-state index is -0.228. The minimum Gasteiger partial charge on any atom is -0.329 e. The monoisotopic (exact) mass is 423 g/mol. The van der Waals surface area contributed by atoms with E-state index >= 15 is 0 Å². The lowest BCUT2D eigenvalue weighted by Crippen LogP contribution is -2.38. The van der Waals surface area contributed by atoms with Gasteiger partial charge in [0.15, 0.2) is 5.13 Å². The number of nitrogens with zero attached hydrogens (tertiary/aromatic N) is 2. The summed E-state index contributed by atoms with van der Waals surface area (Å²) in [5, 5.41) is 3.33. The molecule has 2 rings (SSSR count). The van der Waals surface area contributed by atoms with Crippen LogP contribution >= 0.6 is 27.3 Å². The Morgan fingerprint density at radius 2 is 2.12 bits per heavy atom. The van der Waals surface area contributed by atoms with Crippen molar-refractivity contribution >= 4 is 44.2 Å². The minimum absolute atomic E-state index is 0.0215. The maximum atomic E-state index is 12.8. The highest BCUT2D eigenvalue weighted by Crippen LogP contribution is 2.17. The van der Waals surface area contributed by atoms with E-state index in [-0.39, 0.29) is 18.4 Å². The average Bonchev–Trinajstić information content (AvgIpc) is 2.98. The van der Waals surface area contributed by atoms with Crippen molar-refractivity contribution in [1.82, 2.24) is 9.88 Å². The Balaban J connectivity index is 2.06. The summed E-state index contributed by atoms with van der Waals surface area (Å²) < 4.78 is 0.842. The number of rotatable bonds is 8. The van der Waals surface area contributed by atoms with E-state index < -0.39 is 0 Å². The van der Waals surface area contributed by atoms with E-state index in [1.807, 2.05) is 19.1 Å². The number of aryl methyl sites for hydroxylation is 1. The van der Waals surface area contributed by atoms with Gasteiger partial charge in [0.1, 0.15) is 6.54 Å². The zero-order chi connectivity index (χ0) is 18.2. The summed E-state index contributed by atoms with van der Waals surface area (Å²) in [5.74, 6) is -0.364. The van der Waals surface area contributed by atoms with Crippen LogP contribution in [0, 0.1) is 6.92 Å². The Kier molecular flexibility index (Phi) is 7.58. The molecule has 0 bridgehead atoms. The molecule has 1 N–H and O–H groups in total. The zero-order valence-corrected chi connectivity index (χ0v) is 16.8. The highest BCUT2D eigenvalue weighted by Gasteiger charge is 2.19. The van der Waals surface area contributed by atoms with Gasteiger partial charge in [-0.15, -0.1) is 11.3 Å². The Morgan fingerprint density at radius 3 is 2.76 bits per heavy atom. The van der Waals surface area contributed by atoms with Gasteiger partial charge in [-0.1, -0.05) is 41.8 Å². The van der Waals surface area contributed by atoms with Crippen LogP contribution in [0.3, 0.4) is 0 Å². The van der Waals surface area contributed by atoms with Gasteiger partial charge in [0, 0.05) is 27.7 Å². The Hall–Kier alpha value is -1.73. The molecule has 0 saturated heterocycles. The van der Waals surface area contributed by atoms with Crippen molar-refractivity contribution in [2.24, 2.45) is 0 Å². The Labute approximate surface area is 160 Å². The first-order valence-electron chi connectivity index (χ1n) is 8.26. The Bertz CT molecular complexity index is 733. The van der Waals surface area contributed by atoms with Crippen molar-refractivity contribution in [3.63, 3.8) is 0 Å². The summed E-state index contributed by atoms with van der Waals surface area (Å²) in [7, 11) is 0. The molecule has 1 heterocycles.